The predicted octanol–water partition coefficient (Wildman–Crippen LogP) is 4.39. The van der Waals surface area contributed by atoms with Crippen LogP contribution in [0.3, 0.4) is 0 Å². The zero-order valence-electron chi connectivity index (χ0n) is 19.1. The van der Waals surface area contributed by atoms with Gasteiger partial charge in [-0.25, -0.2) is 8.42 Å². The largest absolute Gasteiger partial charge is 0.390 e. The van der Waals surface area contributed by atoms with Gasteiger partial charge in [0.25, 0.3) is 0 Å². The van der Waals surface area contributed by atoms with E-state index in [1.54, 1.807) is 12.1 Å². The van der Waals surface area contributed by atoms with E-state index in [-0.39, 0.29) is 38.5 Å². The number of aliphatic hydroxyl groups is 2. The van der Waals surface area contributed by atoms with Crippen molar-refractivity contribution in [2.75, 3.05) is 10.1 Å². The number of sulfonamides is 1. The van der Waals surface area contributed by atoms with Gasteiger partial charge in [0.15, 0.2) is 0 Å². The molecule has 2 N–H and O–H groups in total. The average Bonchev–Trinajstić information content (AvgIpc) is 3.04. The summed E-state index contributed by atoms with van der Waals surface area (Å²) in [5.41, 5.74) is 2.46. The first-order valence-corrected chi connectivity index (χ1v) is 13.5. The molecule has 3 atom stereocenters. The number of nitrogens with zero attached hydrogens (tertiary/aromatic N) is 1. The van der Waals surface area contributed by atoms with E-state index >= 15 is 0 Å². The second-order valence-corrected chi connectivity index (χ2v) is 11.2. The Hall–Kier alpha value is -0.786. The Morgan fingerprint density at radius 2 is 1.67 bits per heavy atom. The third-order valence-corrected chi connectivity index (χ3v) is 8.89. The summed E-state index contributed by atoms with van der Waals surface area (Å²) in [6, 6.07) is 17.3. The number of hydrogen-bond donors (Lipinski definition) is 2. The maximum Gasteiger partial charge on any atom is 0.238 e. The van der Waals surface area contributed by atoms with E-state index < -0.39 is 28.3 Å². The van der Waals surface area contributed by atoms with Crippen molar-refractivity contribution in [2.24, 2.45) is 5.92 Å². The maximum absolute atomic E-state index is 12.8. The van der Waals surface area contributed by atoms with Gasteiger partial charge >= 0.3 is 0 Å². The standard InChI is InChI=1S/C26H34NO4S.Y/c28-25(18-12-21-9-5-2-6-10-21)22-13-15-23(16-14-22)27-24(26(29)19-32(27,30)31)17-11-20-7-3-1-4-8-20;/h3-4,7-8,13-16,21,24-26,28-29H,2,5-6,9-12,17-19H2;/q-1;. The number of anilines is 1. The van der Waals surface area contributed by atoms with Crippen molar-refractivity contribution in [1.29, 1.82) is 0 Å². The van der Waals surface area contributed by atoms with Gasteiger partial charge in [0.05, 0.1) is 29.7 Å². The minimum Gasteiger partial charge on any atom is -0.390 e. The number of benzene rings is 2. The molecule has 2 aromatic rings. The summed E-state index contributed by atoms with van der Waals surface area (Å²) in [5, 5.41) is 21.1. The van der Waals surface area contributed by atoms with E-state index in [0.29, 0.717) is 18.5 Å². The monoisotopic (exact) mass is 545 g/mol. The van der Waals surface area contributed by atoms with Crippen LogP contribution in [0.4, 0.5) is 5.69 Å². The molecule has 7 heteroatoms. The summed E-state index contributed by atoms with van der Waals surface area (Å²) in [6.07, 6.45) is 8.01. The van der Waals surface area contributed by atoms with E-state index in [1.165, 1.54) is 36.4 Å². The first-order chi connectivity index (χ1) is 15.4. The second-order valence-electron chi connectivity index (χ2n) is 9.34. The van der Waals surface area contributed by atoms with Gasteiger partial charge in [0.1, 0.15) is 0 Å². The van der Waals surface area contributed by atoms with Gasteiger partial charge in [-0.3, -0.25) is 4.31 Å². The fraction of sp³-hybridized carbons (Fsp3) is 0.538. The molecule has 0 amide bonds. The molecule has 2 aliphatic rings. The van der Waals surface area contributed by atoms with Gasteiger partial charge < -0.3 is 10.2 Å². The molecule has 5 nitrogen and oxygen atoms in total. The van der Waals surface area contributed by atoms with Crippen molar-refractivity contribution < 1.29 is 51.3 Å². The van der Waals surface area contributed by atoms with Crippen LogP contribution in [0.1, 0.15) is 68.6 Å². The number of rotatable bonds is 8. The normalized spacial score (nSPS) is 23.8. The van der Waals surface area contributed by atoms with Crippen LogP contribution in [0.25, 0.3) is 0 Å². The zero-order chi connectivity index (χ0) is 22.6. The van der Waals surface area contributed by atoms with Crippen LogP contribution in [0.2, 0.25) is 0 Å². The summed E-state index contributed by atoms with van der Waals surface area (Å²) >= 11 is 0. The molecule has 1 heterocycles. The summed E-state index contributed by atoms with van der Waals surface area (Å²) in [5.74, 6) is 0.462. The molecule has 3 unspecified atom stereocenters. The summed E-state index contributed by atoms with van der Waals surface area (Å²) < 4.78 is 27.0. The molecule has 4 rings (SSSR count). The Bertz CT molecular complexity index is 962. The molecule has 1 aliphatic heterocycles. The van der Waals surface area contributed by atoms with Crippen molar-refractivity contribution >= 4 is 15.7 Å². The van der Waals surface area contributed by atoms with Gasteiger partial charge in [-0.2, -0.15) is 35.9 Å². The van der Waals surface area contributed by atoms with Crippen LogP contribution in [-0.2, 0) is 49.2 Å². The molecule has 177 valence electrons. The molecular formula is C26H34NO4SY-. The van der Waals surface area contributed by atoms with Crippen molar-refractivity contribution in [3.05, 3.63) is 65.7 Å². The summed E-state index contributed by atoms with van der Waals surface area (Å²) in [4.78, 5) is 0. The predicted molar refractivity (Wildman–Crippen MR) is 127 cm³/mol. The molecular weight excluding hydrogens is 511 g/mol. The molecule has 1 aliphatic carbocycles. The molecule has 0 aromatic heterocycles. The molecule has 2 aromatic carbocycles. The van der Waals surface area contributed by atoms with Crippen LogP contribution in [0, 0.1) is 12.0 Å². The van der Waals surface area contributed by atoms with Crippen LogP contribution in [0.5, 0.6) is 0 Å². The molecule has 0 spiro atoms. The van der Waals surface area contributed by atoms with E-state index in [4.69, 9.17) is 0 Å². The molecule has 1 radical (unpaired) electrons. The van der Waals surface area contributed by atoms with Crippen LogP contribution >= 0.6 is 0 Å². The Kier molecular flexibility index (Phi) is 9.96. The van der Waals surface area contributed by atoms with Gasteiger partial charge in [-0.1, -0.05) is 44.2 Å². The van der Waals surface area contributed by atoms with Crippen molar-refractivity contribution in [3.8, 4) is 0 Å². The Morgan fingerprint density at radius 1 is 1.00 bits per heavy atom. The first-order valence-electron chi connectivity index (χ1n) is 11.9. The fourth-order valence-corrected chi connectivity index (χ4v) is 7.13. The Morgan fingerprint density at radius 3 is 2.33 bits per heavy atom. The molecule has 2 fully saturated rings. The first kappa shape index (κ1) is 26.8. The van der Waals surface area contributed by atoms with Crippen LogP contribution in [0.15, 0.2) is 48.5 Å². The summed E-state index contributed by atoms with van der Waals surface area (Å²) in [6.45, 7) is 0. The quantitative estimate of drug-likeness (QED) is 0.483. The van der Waals surface area contributed by atoms with E-state index in [9.17, 15) is 18.6 Å². The molecule has 33 heavy (non-hydrogen) atoms. The van der Waals surface area contributed by atoms with E-state index in [0.717, 1.165) is 29.9 Å². The third kappa shape index (κ3) is 6.88. The van der Waals surface area contributed by atoms with Gasteiger partial charge in [-0.15, -0.1) is 0 Å². The van der Waals surface area contributed by atoms with Gasteiger partial charge in [0, 0.05) is 32.7 Å². The van der Waals surface area contributed by atoms with Gasteiger partial charge in [0.2, 0.25) is 10.0 Å². The molecule has 0 bridgehead atoms. The fourth-order valence-electron chi connectivity index (χ4n) is 5.21. The van der Waals surface area contributed by atoms with E-state index in [1.807, 2.05) is 36.4 Å². The number of aryl methyl sites for hydroxylation is 1. The molecule has 1 saturated heterocycles. The zero-order valence-corrected chi connectivity index (χ0v) is 22.8. The van der Waals surface area contributed by atoms with Crippen molar-refractivity contribution in [1.82, 2.24) is 0 Å². The Labute approximate surface area is 223 Å². The smallest absolute Gasteiger partial charge is 0.238 e. The average molecular weight is 546 g/mol. The van der Waals surface area contributed by atoms with Gasteiger partial charge in [-0.05, 0) is 49.3 Å². The minimum atomic E-state index is -3.59. The number of aliphatic hydroxyl groups excluding tert-OH is 2. The van der Waals surface area contributed by atoms with Crippen molar-refractivity contribution in [2.45, 2.75) is 76.0 Å². The van der Waals surface area contributed by atoms with Crippen molar-refractivity contribution in [3.63, 3.8) is 0 Å². The van der Waals surface area contributed by atoms with Crippen LogP contribution < -0.4 is 4.31 Å². The Balaban J connectivity index is 0.00000306. The molecule has 1 saturated carbocycles. The minimum absolute atomic E-state index is 0. The topological polar surface area (TPSA) is 77.8 Å². The SMILES string of the molecule is O=S1(=O)CC(O)C(CCc2cc[c-]cc2)N1c1ccc(C(O)CCC2CCCCC2)cc1.[Y]. The summed E-state index contributed by atoms with van der Waals surface area (Å²) in [7, 11) is -3.59. The maximum atomic E-state index is 12.8. The van der Waals surface area contributed by atoms with Crippen LogP contribution in [-0.4, -0.2) is 36.5 Å². The number of hydrogen-bond acceptors (Lipinski definition) is 4. The second kappa shape index (κ2) is 12.3. The third-order valence-electron chi connectivity index (χ3n) is 7.05. The van der Waals surface area contributed by atoms with E-state index in [2.05, 4.69) is 6.07 Å².